The van der Waals surface area contributed by atoms with Gasteiger partial charge in [0.25, 0.3) is 0 Å². The molecule has 22 heavy (non-hydrogen) atoms. The van der Waals surface area contributed by atoms with Gasteiger partial charge in [-0.05, 0) is 43.0 Å². The number of ether oxygens (including phenoxy) is 1. The largest absolute Gasteiger partial charge is 0.496 e. The molecule has 2 rings (SSSR count). The molecule has 0 radical (unpaired) electrons. The molecule has 3 N–H and O–H groups in total. The monoisotopic (exact) mass is 305 g/mol. The number of carbonyl (C=O) groups excluding carboxylic acids is 1. The fourth-order valence-electron chi connectivity index (χ4n) is 2.93. The third-order valence-corrected chi connectivity index (χ3v) is 4.41. The van der Waals surface area contributed by atoms with Crippen LogP contribution in [0, 0.1) is 5.41 Å². The highest BCUT2D eigenvalue weighted by molar-refractivity contribution is 5.78. The maximum absolute atomic E-state index is 12.0. The Kier molecular flexibility index (Phi) is 5.80. The molecule has 1 atom stereocenters. The van der Waals surface area contributed by atoms with Gasteiger partial charge in [0.2, 0.25) is 5.91 Å². The molecule has 5 nitrogen and oxygen atoms in total. The van der Waals surface area contributed by atoms with Gasteiger partial charge in [0.15, 0.2) is 0 Å². The highest BCUT2D eigenvalue weighted by Crippen LogP contribution is 2.27. The van der Waals surface area contributed by atoms with Crippen LogP contribution in [0.4, 0.5) is 0 Å². The molecular weight excluding hydrogens is 278 g/mol. The predicted molar refractivity (Wildman–Crippen MR) is 87.9 cm³/mol. The first kappa shape index (κ1) is 16.8. The van der Waals surface area contributed by atoms with Crippen LogP contribution in [-0.2, 0) is 11.2 Å². The molecule has 5 heteroatoms. The summed E-state index contributed by atoms with van der Waals surface area (Å²) in [6.45, 7) is 5.81. The van der Waals surface area contributed by atoms with Gasteiger partial charge in [0.1, 0.15) is 5.75 Å². The molecule has 1 saturated heterocycles. The van der Waals surface area contributed by atoms with Crippen LogP contribution in [0.5, 0.6) is 5.75 Å². The lowest BCUT2D eigenvalue weighted by Gasteiger charge is -2.22. The van der Waals surface area contributed by atoms with Gasteiger partial charge in [-0.2, -0.15) is 0 Å². The van der Waals surface area contributed by atoms with Gasteiger partial charge in [-0.15, -0.1) is 0 Å². The second-order valence-corrected chi connectivity index (χ2v) is 6.39. The Morgan fingerprint density at radius 2 is 2.23 bits per heavy atom. The van der Waals surface area contributed by atoms with Gasteiger partial charge in [0.05, 0.1) is 13.7 Å². The number of hydrogen-bond donors (Lipinski definition) is 2. The lowest BCUT2D eigenvalue weighted by Crippen LogP contribution is -2.38. The van der Waals surface area contributed by atoms with Crippen molar-refractivity contribution >= 4 is 5.91 Å². The molecule has 0 saturated carbocycles. The molecule has 0 aromatic heterocycles. The minimum atomic E-state index is 0.0798. The number of methoxy groups -OCH3 is 1. The fourth-order valence-corrected chi connectivity index (χ4v) is 2.93. The summed E-state index contributed by atoms with van der Waals surface area (Å²) in [7, 11) is 1.67. The molecule has 1 unspecified atom stereocenters. The zero-order valence-corrected chi connectivity index (χ0v) is 13.6. The van der Waals surface area contributed by atoms with Crippen LogP contribution in [0.2, 0.25) is 0 Å². The standard InChI is InChI=1S/C17H27N3O2/c1-17(12-18)8-10-20(13-17)11-16(21)19-9-7-14-5-3-4-6-15(14)22-2/h3-6H,7-13,18H2,1-2H3,(H,19,21). The number of carbonyl (C=O) groups is 1. The average molecular weight is 305 g/mol. The van der Waals surface area contributed by atoms with E-state index in [2.05, 4.69) is 17.1 Å². The van der Waals surface area contributed by atoms with Crippen LogP contribution < -0.4 is 15.8 Å². The van der Waals surface area contributed by atoms with Crippen molar-refractivity contribution in [2.45, 2.75) is 19.8 Å². The molecular formula is C17H27N3O2. The molecule has 1 aromatic carbocycles. The van der Waals surface area contributed by atoms with E-state index < -0.39 is 0 Å². The second-order valence-electron chi connectivity index (χ2n) is 6.39. The Bertz CT molecular complexity index is 506. The number of hydrogen-bond acceptors (Lipinski definition) is 4. The summed E-state index contributed by atoms with van der Waals surface area (Å²) in [5.41, 5.74) is 7.07. The Morgan fingerprint density at radius 1 is 1.45 bits per heavy atom. The van der Waals surface area contributed by atoms with E-state index in [-0.39, 0.29) is 11.3 Å². The van der Waals surface area contributed by atoms with Crippen molar-refractivity contribution in [1.29, 1.82) is 0 Å². The molecule has 1 heterocycles. The van der Waals surface area contributed by atoms with E-state index in [0.717, 1.165) is 37.2 Å². The molecule has 1 fully saturated rings. The number of nitrogens with zero attached hydrogens (tertiary/aromatic N) is 1. The topological polar surface area (TPSA) is 67.6 Å². The van der Waals surface area contributed by atoms with E-state index in [1.165, 1.54) is 0 Å². The number of para-hydroxylation sites is 1. The Hall–Kier alpha value is -1.59. The summed E-state index contributed by atoms with van der Waals surface area (Å²) < 4.78 is 5.31. The summed E-state index contributed by atoms with van der Waals surface area (Å²) in [5, 5.41) is 2.99. The van der Waals surface area contributed by atoms with E-state index in [1.807, 2.05) is 24.3 Å². The summed E-state index contributed by atoms with van der Waals surface area (Å²) in [5.74, 6) is 0.950. The van der Waals surface area contributed by atoms with Gasteiger partial charge in [0, 0.05) is 13.1 Å². The van der Waals surface area contributed by atoms with Crippen LogP contribution in [0.3, 0.4) is 0 Å². The Labute approximate surface area is 132 Å². The number of benzene rings is 1. The van der Waals surface area contributed by atoms with Crippen molar-refractivity contribution in [3.63, 3.8) is 0 Å². The minimum Gasteiger partial charge on any atom is -0.496 e. The van der Waals surface area contributed by atoms with Gasteiger partial charge < -0.3 is 15.8 Å². The summed E-state index contributed by atoms with van der Waals surface area (Å²) in [6.07, 6.45) is 1.84. The van der Waals surface area contributed by atoms with Crippen molar-refractivity contribution in [2.24, 2.45) is 11.1 Å². The third-order valence-electron chi connectivity index (χ3n) is 4.41. The molecule has 0 bridgehead atoms. The Morgan fingerprint density at radius 3 is 2.91 bits per heavy atom. The number of rotatable bonds is 7. The van der Waals surface area contributed by atoms with Crippen molar-refractivity contribution in [1.82, 2.24) is 10.2 Å². The first-order chi connectivity index (χ1) is 10.6. The quantitative estimate of drug-likeness (QED) is 0.789. The predicted octanol–water partition coefficient (Wildman–Crippen LogP) is 1.02. The van der Waals surface area contributed by atoms with Crippen LogP contribution in [0.1, 0.15) is 18.9 Å². The van der Waals surface area contributed by atoms with E-state index >= 15 is 0 Å². The van der Waals surface area contributed by atoms with Crippen LogP contribution in [0.15, 0.2) is 24.3 Å². The molecule has 1 amide bonds. The lowest BCUT2D eigenvalue weighted by molar-refractivity contribution is -0.122. The van der Waals surface area contributed by atoms with Crippen molar-refractivity contribution in [3.8, 4) is 5.75 Å². The number of nitrogens with one attached hydrogen (secondary N) is 1. The van der Waals surface area contributed by atoms with Crippen LogP contribution >= 0.6 is 0 Å². The SMILES string of the molecule is COc1ccccc1CCNC(=O)CN1CCC(C)(CN)C1. The number of nitrogens with two attached hydrogens (primary N) is 1. The molecule has 1 aliphatic heterocycles. The number of amides is 1. The summed E-state index contributed by atoms with van der Waals surface area (Å²) >= 11 is 0. The molecule has 0 spiro atoms. The highest BCUT2D eigenvalue weighted by atomic mass is 16.5. The Balaban J connectivity index is 1.72. The fraction of sp³-hybridized carbons (Fsp3) is 0.588. The molecule has 0 aliphatic carbocycles. The van der Waals surface area contributed by atoms with Gasteiger partial charge in [-0.25, -0.2) is 0 Å². The van der Waals surface area contributed by atoms with E-state index in [0.29, 0.717) is 19.6 Å². The molecule has 122 valence electrons. The first-order valence-electron chi connectivity index (χ1n) is 7.87. The van der Waals surface area contributed by atoms with E-state index in [4.69, 9.17) is 10.5 Å². The van der Waals surface area contributed by atoms with Crippen molar-refractivity contribution in [2.75, 3.05) is 39.8 Å². The summed E-state index contributed by atoms with van der Waals surface area (Å²) in [4.78, 5) is 14.2. The van der Waals surface area contributed by atoms with Gasteiger partial charge in [-0.1, -0.05) is 25.1 Å². The average Bonchev–Trinajstić information content (AvgIpc) is 2.89. The highest BCUT2D eigenvalue weighted by Gasteiger charge is 2.32. The van der Waals surface area contributed by atoms with Crippen LogP contribution in [0.25, 0.3) is 0 Å². The normalized spacial score (nSPS) is 21.8. The zero-order valence-electron chi connectivity index (χ0n) is 13.6. The molecule has 1 aliphatic rings. The second kappa shape index (κ2) is 7.61. The van der Waals surface area contributed by atoms with E-state index in [1.54, 1.807) is 7.11 Å². The maximum atomic E-state index is 12.0. The van der Waals surface area contributed by atoms with E-state index in [9.17, 15) is 4.79 Å². The lowest BCUT2D eigenvalue weighted by atomic mass is 9.90. The molecule has 1 aromatic rings. The van der Waals surface area contributed by atoms with Crippen molar-refractivity contribution in [3.05, 3.63) is 29.8 Å². The third kappa shape index (κ3) is 4.45. The van der Waals surface area contributed by atoms with Gasteiger partial charge >= 0.3 is 0 Å². The minimum absolute atomic E-state index is 0.0798. The van der Waals surface area contributed by atoms with Gasteiger partial charge in [-0.3, -0.25) is 9.69 Å². The maximum Gasteiger partial charge on any atom is 0.234 e. The van der Waals surface area contributed by atoms with Crippen LogP contribution in [-0.4, -0.2) is 50.6 Å². The number of likely N-dealkylation sites (tertiary alicyclic amines) is 1. The first-order valence-corrected chi connectivity index (χ1v) is 7.87. The summed E-state index contributed by atoms with van der Waals surface area (Å²) in [6, 6.07) is 7.90. The van der Waals surface area contributed by atoms with Crippen molar-refractivity contribution < 1.29 is 9.53 Å². The smallest absolute Gasteiger partial charge is 0.234 e. The zero-order chi connectivity index (χ0) is 16.0.